The van der Waals surface area contributed by atoms with Crippen LogP contribution >= 0.6 is 11.6 Å². The topological polar surface area (TPSA) is 76.5 Å². The third-order valence-corrected chi connectivity index (χ3v) is 4.35. The number of ether oxygens (including phenoxy) is 1. The van der Waals surface area contributed by atoms with Crippen LogP contribution in [0.1, 0.15) is 15.9 Å². The van der Waals surface area contributed by atoms with Crippen LogP contribution in [0.15, 0.2) is 78.0 Å². The van der Waals surface area contributed by atoms with Gasteiger partial charge < -0.3 is 4.74 Å². The molecule has 8 heteroatoms. The molecule has 0 aliphatic rings. The van der Waals surface area contributed by atoms with Gasteiger partial charge in [-0.2, -0.15) is 14.5 Å². The van der Waals surface area contributed by atoms with E-state index in [1.807, 2.05) is 36.4 Å². The van der Waals surface area contributed by atoms with E-state index in [-0.39, 0.29) is 17.1 Å². The van der Waals surface area contributed by atoms with Gasteiger partial charge in [0.1, 0.15) is 5.75 Å². The molecule has 0 saturated carbocycles. The van der Waals surface area contributed by atoms with Crippen LogP contribution in [0.3, 0.4) is 0 Å². The van der Waals surface area contributed by atoms with E-state index in [1.54, 1.807) is 30.3 Å². The number of hydrogen-bond acceptors (Lipinski definition) is 5. The SMILES string of the molecule is O=C(N/N=C\c1ccc(Oc2nc(Cl)ncc2F)cc1)c1ccc2ccccc2c1. The van der Waals surface area contributed by atoms with E-state index in [9.17, 15) is 9.18 Å². The van der Waals surface area contributed by atoms with Gasteiger partial charge in [-0.05, 0) is 64.3 Å². The average molecular weight is 421 g/mol. The first-order chi connectivity index (χ1) is 14.6. The number of carbonyl (C=O) groups excluding carboxylic acids is 1. The quantitative estimate of drug-likeness (QED) is 0.280. The summed E-state index contributed by atoms with van der Waals surface area (Å²) in [4.78, 5) is 19.5. The van der Waals surface area contributed by atoms with Crippen LogP contribution in [0.25, 0.3) is 10.8 Å². The lowest BCUT2D eigenvalue weighted by Gasteiger charge is -2.05. The van der Waals surface area contributed by atoms with Crippen molar-refractivity contribution in [1.29, 1.82) is 0 Å². The number of aromatic nitrogens is 2. The predicted molar refractivity (Wildman–Crippen MR) is 113 cm³/mol. The van der Waals surface area contributed by atoms with Crippen LogP contribution in [0.5, 0.6) is 11.6 Å². The number of hydrogen-bond donors (Lipinski definition) is 1. The fourth-order valence-corrected chi connectivity index (χ4v) is 2.82. The van der Waals surface area contributed by atoms with E-state index < -0.39 is 5.82 Å². The average Bonchev–Trinajstić information content (AvgIpc) is 2.77. The molecule has 1 N–H and O–H groups in total. The summed E-state index contributed by atoms with van der Waals surface area (Å²) in [6, 6.07) is 19.9. The van der Waals surface area contributed by atoms with Crippen molar-refractivity contribution in [3.05, 3.63) is 95.2 Å². The van der Waals surface area contributed by atoms with Crippen molar-refractivity contribution in [2.24, 2.45) is 5.10 Å². The Morgan fingerprint density at radius 1 is 1.07 bits per heavy atom. The first-order valence-electron chi connectivity index (χ1n) is 8.87. The van der Waals surface area contributed by atoms with Crippen molar-refractivity contribution in [1.82, 2.24) is 15.4 Å². The summed E-state index contributed by atoms with van der Waals surface area (Å²) in [6.45, 7) is 0. The standard InChI is InChI=1S/C22H14ClFN4O2/c23-22-25-13-19(24)21(27-22)30-18-9-5-14(6-10-18)12-26-28-20(29)17-8-7-15-3-1-2-4-16(15)11-17/h1-13H,(H,28,29)/b26-12-. The minimum atomic E-state index is -0.721. The molecule has 1 amide bonds. The smallest absolute Gasteiger partial charge is 0.271 e. The zero-order valence-electron chi connectivity index (χ0n) is 15.4. The second-order valence-corrected chi connectivity index (χ2v) is 6.56. The molecule has 0 atom stereocenters. The molecule has 0 aliphatic carbocycles. The number of rotatable bonds is 5. The van der Waals surface area contributed by atoms with Crippen molar-refractivity contribution >= 4 is 34.5 Å². The van der Waals surface area contributed by atoms with E-state index in [0.717, 1.165) is 17.0 Å². The molecule has 0 saturated heterocycles. The summed E-state index contributed by atoms with van der Waals surface area (Å²) >= 11 is 5.64. The van der Waals surface area contributed by atoms with Crippen LogP contribution in [0.2, 0.25) is 5.28 Å². The minimum Gasteiger partial charge on any atom is -0.436 e. The fraction of sp³-hybridized carbons (Fsp3) is 0. The highest BCUT2D eigenvalue weighted by Crippen LogP contribution is 2.23. The van der Waals surface area contributed by atoms with Gasteiger partial charge in [0, 0.05) is 5.56 Å². The van der Waals surface area contributed by atoms with E-state index >= 15 is 0 Å². The number of benzene rings is 3. The number of fused-ring (bicyclic) bond motifs is 1. The normalized spacial score (nSPS) is 11.0. The summed E-state index contributed by atoms with van der Waals surface area (Å²) in [5.74, 6) is -0.936. The summed E-state index contributed by atoms with van der Waals surface area (Å²) in [5.41, 5.74) is 3.72. The summed E-state index contributed by atoms with van der Waals surface area (Å²) in [5, 5.41) is 5.90. The molecule has 4 aromatic rings. The van der Waals surface area contributed by atoms with Crippen LogP contribution < -0.4 is 10.2 Å². The Labute approximate surface area is 176 Å². The lowest BCUT2D eigenvalue weighted by molar-refractivity contribution is 0.0955. The van der Waals surface area contributed by atoms with Gasteiger partial charge in [-0.25, -0.2) is 10.4 Å². The monoisotopic (exact) mass is 420 g/mol. The van der Waals surface area contributed by atoms with Gasteiger partial charge in [0.05, 0.1) is 12.4 Å². The van der Waals surface area contributed by atoms with Crippen LogP contribution in [-0.2, 0) is 0 Å². The second kappa shape index (κ2) is 8.67. The molecule has 3 aromatic carbocycles. The maximum atomic E-state index is 13.6. The third kappa shape index (κ3) is 4.59. The molecule has 4 rings (SSSR count). The molecular weight excluding hydrogens is 407 g/mol. The maximum absolute atomic E-state index is 13.6. The molecule has 0 fully saturated rings. The van der Waals surface area contributed by atoms with Crippen molar-refractivity contribution in [2.45, 2.75) is 0 Å². The summed E-state index contributed by atoms with van der Waals surface area (Å²) < 4.78 is 19.0. The highest BCUT2D eigenvalue weighted by atomic mass is 35.5. The molecule has 0 unspecified atom stereocenters. The Hall–Kier alpha value is -3.84. The van der Waals surface area contributed by atoms with Crippen LogP contribution in [0.4, 0.5) is 4.39 Å². The molecule has 30 heavy (non-hydrogen) atoms. The molecule has 0 radical (unpaired) electrons. The number of carbonyl (C=O) groups is 1. The van der Waals surface area contributed by atoms with E-state index in [2.05, 4.69) is 20.5 Å². The third-order valence-electron chi connectivity index (χ3n) is 4.17. The molecule has 1 heterocycles. The zero-order chi connectivity index (χ0) is 20.9. The molecule has 148 valence electrons. The predicted octanol–water partition coefficient (Wildman–Crippen LogP) is 4.98. The Kier molecular flexibility index (Phi) is 5.63. The van der Waals surface area contributed by atoms with Crippen LogP contribution in [0, 0.1) is 5.82 Å². The number of nitrogens with one attached hydrogen (secondary N) is 1. The van der Waals surface area contributed by atoms with Crippen molar-refractivity contribution in [2.75, 3.05) is 0 Å². The second-order valence-electron chi connectivity index (χ2n) is 6.22. The Morgan fingerprint density at radius 2 is 1.83 bits per heavy atom. The Balaban J connectivity index is 1.39. The van der Waals surface area contributed by atoms with Gasteiger partial charge in [-0.3, -0.25) is 4.79 Å². The highest BCUT2D eigenvalue weighted by molar-refractivity contribution is 6.28. The number of amides is 1. The highest BCUT2D eigenvalue weighted by Gasteiger charge is 2.08. The molecule has 6 nitrogen and oxygen atoms in total. The van der Waals surface area contributed by atoms with Gasteiger partial charge >= 0.3 is 0 Å². The molecule has 0 bridgehead atoms. The number of halogens is 2. The van der Waals surface area contributed by atoms with Crippen LogP contribution in [-0.4, -0.2) is 22.1 Å². The lowest BCUT2D eigenvalue weighted by atomic mass is 10.1. The van der Waals surface area contributed by atoms with E-state index in [4.69, 9.17) is 16.3 Å². The Morgan fingerprint density at radius 3 is 2.63 bits per heavy atom. The van der Waals surface area contributed by atoms with Crippen molar-refractivity contribution in [3.63, 3.8) is 0 Å². The molecular formula is C22H14ClFN4O2. The van der Waals surface area contributed by atoms with Gasteiger partial charge in [0.15, 0.2) is 0 Å². The van der Waals surface area contributed by atoms with Gasteiger partial charge in [0.2, 0.25) is 11.1 Å². The zero-order valence-corrected chi connectivity index (χ0v) is 16.2. The number of nitrogens with zero attached hydrogens (tertiary/aromatic N) is 3. The largest absolute Gasteiger partial charge is 0.436 e. The van der Waals surface area contributed by atoms with E-state index in [0.29, 0.717) is 16.9 Å². The summed E-state index contributed by atoms with van der Waals surface area (Å²) in [7, 11) is 0. The fourth-order valence-electron chi connectivity index (χ4n) is 2.70. The van der Waals surface area contributed by atoms with E-state index in [1.165, 1.54) is 6.21 Å². The van der Waals surface area contributed by atoms with Crippen molar-refractivity contribution < 1.29 is 13.9 Å². The number of hydrazone groups is 1. The lowest BCUT2D eigenvalue weighted by Crippen LogP contribution is -2.17. The molecule has 1 aromatic heterocycles. The summed E-state index contributed by atoms with van der Waals surface area (Å²) in [6.07, 6.45) is 2.43. The van der Waals surface area contributed by atoms with Gasteiger partial charge in [-0.15, -0.1) is 0 Å². The van der Waals surface area contributed by atoms with Gasteiger partial charge in [-0.1, -0.05) is 30.3 Å². The Bertz CT molecular complexity index is 1250. The first kappa shape index (κ1) is 19.5. The van der Waals surface area contributed by atoms with Crippen molar-refractivity contribution in [3.8, 4) is 11.6 Å². The minimum absolute atomic E-state index is 0.114. The first-order valence-corrected chi connectivity index (χ1v) is 9.24. The maximum Gasteiger partial charge on any atom is 0.271 e. The molecule has 0 spiro atoms. The molecule has 0 aliphatic heterocycles. The van der Waals surface area contributed by atoms with Gasteiger partial charge in [0.25, 0.3) is 11.8 Å².